The van der Waals surface area contributed by atoms with E-state index in [9.17, 15) is 8.42 Å². The van der Waals surface area contributed by atoms with Gasteiger partial charge in [-0.1, -0.05) is 62.8 Å². The summed E-state index contributed by atoms with van der Waals surface area (Å²) in [6.07, 6.45) is 0.887. The van der Waals surface area contributed by atoms with Crippen molar-refractivity contribution in [2.75, 3.05) is 18.8 Å². The van der Waals surface area contributed by atoms with Gasteiger partial charge in [-0.15, -0.1) is 10.2 Å². The zero-order chi connectivity index (χ0) is 20.9. The molecule has 0 aliphatic carbocycles. The highest BCUT2D eigenvalue weighted by atomic mass is 35.5. The molecule has 9 heteroatoms. The Hall–Kier alpha value is -1.35. The number of hydrogen-bond donors (Lipinski definition) is 0. The van der Waals surface area contributed by atoms with Crippen LogP contribution in [0, 0.1) is 0 Å². The highest BCUT2D eigenvalue weighted by molar-refractivity contribution is 7.99. The minimum atomic E-state index is -3.54. The summed E-state index contributed by atoms with van der Waals surface area (Å²) in [6, 6.07) is 7.05. The van der Waals surface area contributed by atoms with E-state index in [4.69, 9.17) is 11.6 Å². The Labute approximate surface area is 177 Å². The van der Waals surface area contributed by atoms with E-state index in [1.54, 1.807) is 18.2 Å². The fraction of sp³-hybridized carbons (Fsp3) is 0.474. The summed E-state index contributed by atoms with van der Waals surface area (Å²) in [5.41, 5.74) is 0.720. The monoisotopic (exact) mass is 442 g/mol. The van der Waals surface area contributed by atoms with Gasteiger partial charge in [-0.3, -0.25) is 4.57 Å². The Kier molecular flexibility index (Phi) is 8.12. The Bertz CT molecular complexity index is 924. The Morgan fingerprint density at radius 3 is 2.54 bits per heavy atom. The van der Waals surface area contributed by atoms with Crippen molar-refractivity contribution >= 4 is 33.4 Å². The van der Waals surface area contributed by atoms with Crippen molar-refractivity contribution in [2.24, 2.45) is 0 Å². The van der Waals surface area contributed by atoms with Crippen molar-refractivity contribution in [3.8, 4) is 11.4 Å². The van der Waals surface area contributed by atoms with E-state index in [-0.39, 0.29) is 10.9 Å². The maximum Gasteiger partial charge on any atom is 0.243 e. The number of nitrogens with zero attached hydrogens (tertiary/aromatic N) is 4. The van der Waals surface area contributed by atoms with Crippen LogP contribution in [0.5, 0.6) is 0 Å². The second-order valence-electron chi connectivity index (χ2n) is 6.36. The lowest BCUT2D eigenvalue weighted by Gasteiger charge is -2.19. The number of aromatic nitrogens is 3. The van der Waals surface area contributed by atoms with Crippen LogP contribution in [-0.4, -0.2) is 46.3 Å². The molecule has 0 saturated heterocycles. The fourth-order valence-electron chi connectivity index (χ4n) is 2.80. The lowest BCUT2D eigenvalue weighted by Crippen LogP contribution is -2.30. The molecule has 0 saturated carbocycles. The van der Waals surface area contributed by atoms with Crippen molar-refractivity contribution in [3.63, 3.8) is 0 Å². The zero-order valence-electron chi connectivity index (χ0n) is 16.7. The topological polar surface area (TPSA) is 68.1 Å². The molecule has 0 aliphatic heterocycles. The van der Waals surface area contributed by atoms with Crippen LogP contribution < -0.4 is 0 Å². The SMILES string of the molecule is C=C(Cl)CSc1nnc(-c2cccc(S(=O)(=O)N(CC)CC)c2)n1[C@@H](C)CC. The predicted octanol–water partition coefficient (Wildman–Crippen LogP) is 4.79. The third kappa shape index (κ3) is 4.97. The molecule has 2 aromatic rings. The third-order valence-electron chi connectivity index (χ3n) is 4.49. The van der Waals surface area contributed by atoms with E-state index in [1.165, 1.54) is 16.1 Å². The summed E-state index contributed by atoms with van der Waals surface area (Å²) in [7, 11) is -3.54. The van der Waals surface area contributed by atoms with Crippen LogP contribution >= 0.6 is 23.4 Å². The van der Waals surface area contributed by atoms with Crippen LogP contribution in [0.1, 0.15) is 40.2 Å². The minimum absolute atomic E-state index is 0.152. The van der Waals surface area contributed by atoms with Crippen LogP contribution in [0.4, 0.5) is 0 Å². The van der Waals surface area contributed by atoms with Gasteiger partial charge in [0.2, 0.25) is 10.0 Å². The second-order valence-corrected chi connectivity index (χ2v) is 9.77. The van der Waals surface area contributed by atoms with Gasteiger partial charge in [0.25, 0.3) is 0 Å². The molecule has 1 heterocycles. The summed E-state index contributed by atoms with van der Waals surface area (Å²) >= 11 is 7.37. The Morgan fingerprint density at radius 1 is 1.29 bits per heavy atom. The van der Waals surface area contributed by atoms with E-state index in [2.05, 4.69) is 30.6 Å². The van der Waals surface area contributed by atoms with Crippen molar-refractivity contribution < 1.29 is 8.42 Å². The van der Waals surface area contributed by atoms with Gasteiger partial charge in [-0.25, -0.2) is 8.42 Å². The van der Waals surface area contributed by atoms with Crippen LogP contribution in [0.2, 0.25) is 0 Å². The maximum atomic E-state index is 12.9. The van der Waals surface area contributed by atoms with Gasteiger partial charge in [0.15, 0.2) is 11.0 Å². The summed E-state index contributed by atoms with van der Waals surface area (Å²) in [6.45, 7) is 12.4. The van der Waals surface area contributed by atoms with E-state index >= 15 is 0 Å². The number of rotatable bonds is 10. The second kappa shape index (κ2) is 9.91. The first-order valence-corrected chi connectivity index (χ1v) is 12.1. The highest BCUT2D eigenvalue weighted by Gasteiger charge is 2.24. The molecular weight excluding hydrogens is 416 g/mol. The number of thioether (sulfide) groups is 1. The van der Waals surface area contributed by atoms with Crippen molar-refractivity contribution in [2.45, 2.75) is 50.2 Å². The zero-order valence-corrected chi connectivity index (χ0v) is 19.1. The molecule has 28 heavy (non-hydrogen) atoms. The molecule has 2 rings (SSSR count). The molecule has 1 aromatic carbocycles. The fourth-order valence-corrected chi connectivity index (χ4v) is 5.26. The van der Waals surface area contributed by atoms with Crippen molar-refractivity contribution in [3.05, 3.63) is 35.9 Å². The maximum absolute atomic E-state index is 12.9. The van der Waals surface area contributed by atoms with E-state index in [0.29, 0.717) is 29.7 Å². The van der Waals surface area contributed by atoms with Gasteiger partial charge < -0.3 is 0 Å². The van der Waals surface area contributed by atoms with Gasteiger partial charge in [-0.2, -0.15) is 4.31 Å². The number of halogens is 1. The number of hydrogen-bond acceptors (Lipinski definition) is 5. The lowest BCUT2D eigenvalue weighted by molar-refractivity contribution is 0.445. The molecular formula is C19H27ClN4O2S2. The normalized spacial score (nSPS) is 13.1. The quantitative estimate of drug-likeness (QED) is 0.495. The molecule has 154 valence electrons. The summed E-state index contributed by atoms with van der Waals surface area (Å²) in [4.78, 5) is 0.260. The molecule has 0 radical (unpaired) electrons. The van der Waals surface area contributed by atoms with Gasteiger partial charge in [-0.05, 0) is 25.5 Å². The first-order chi connectivity index (χ1) is 13.3. The molecule has 0 spiro atoms. The average Bonchev–Trinajstić information content (AvgIpc) is 3.10. The molecule has 1 aromatic heterocycles. The highest BCUT2D eigenvalue weighted by Crippen LogP contribution is 2.31. The first kappa shape index (κ1) is 22.9. The lowest BCUT2D eigenvalue weighted by atomic mass is 10.2. The molecule has 6 nitrogen and oxygen atoms in total. The van der Waals surface area contributed by atoms with E-state index < -0.39 is 10.0 Å². The Balaban J connectivity index is 2.52. The number of benzene rings is 1. The smallest absolute Gasteiger partial charge is 0.243 e. The van der Waals surface area contributed by atoms with Crippen LogP contribution in [-0.2, 0) is 10.0 Å². The Morgan fingerprint density at radius 2 is 1.96 bits per heavy atom. The van der Waals surface area contributed by atoms with Gasteiger partial charge in [0.05, 0.1) is 4.90 Å². The van der Waals surface area contributed by atoms with Crippen LogP contribution in [0.15, 0.2) is 45.9 Å². The third-order valence-corrected chi connectivity index (χ3v) is 7.86. The van der Waals surface area contributed by atoms with Gasteiger partial charge in [0.1, 0.15) is 0 Å². The molecule has 0 N–H and O–H groups in total. The minimum Gasteiger partial charge on any atom is -0.299 e. The molecule has 1 atom stereocenters. The number of sulfonamides is 1. The molecule has 0 fully saturated rings. The predicted molar refractivity (Wildman–Crippen MR) is 116 cm³/mol. The van der Waals surface area contributed by atoms with Gasteiger partial charge in [0, 0.05) is 35.5 Å². The standard InChI is InChI=1S/C19H27ClN4O2S2/c1-6-15(5)24-18(21-22-19(24)27-13-14(4)20)16-10-9-11-17(12-16)28(25,26)23(7-2)8-3/h9-12,15H,4,6-8,13H2,1-3,5H3/t15-/m0/s1. The summed E-state index contributed by atoms with van der Waals surface area (Å²) in [5, 5.41) is 9.94. The molecule has 0 amide bonds. The molecule has 0 bridgehead atoms. The van der Waals surface area contributed by atoms with Crippen LogP contribution in [0.25, 0.3) is 11.4 Å². The molecule has 0 unspecified atom stereocenters. The molecule has 0 aliphatic rings. The van der Waals surface area contributed by atoms with Crippen molar-refractivity contribution in [1.29, 1.82) is 0 Å². The van der Waals surface area contributed by atoms with Gasteiger partial charge >= 0.3 is 0 Å². The average molecular weight is 443 g/mol. The van der Waals surface area contributed by atoms with Crippen LogP contribution in [0.3, 0.4) is 0 Å². The summed E-state index contributed by atoms with van der Waals surface area (Å²) in [5.74, 6) is 1.18. The first-order valence-electron chi connectivity index (χ1n) is 9.27. The summed E-state index contributed by atoms with van der Waals surface area (Å²) < 4.78 is 29.3. The van der Waals surface area contributed by atoms with E-state index in [1.807, 2.05) is 24.5 Å². The van der Waals surface area contributed by atoms with E-state index in [0.717, 1.165) is 17.1 Å². The largest absolute Gasteiger partial charge is 0.299 e. The van der Waals surface area contributed by atoms with Crippen molar-refractivity contribution in [1.82, 2.24) is 19.1 Å².